The molecular formula is C12H9F3O2. The highest BCUT2D eigenvalue weighted by Crippen LogP contribution is 2.45. The van der Waals surface area contributed by atoms with E-state index in [1.165, 1.54) is 30.4 Å². The minimum absolute atomic E-state index is 0.112. The van der Waals surface area contributed by atoms with Gasteiger partial charge >= 0.3 is 6.18 Å². The van der Waals surface area contributed by atoms with Crippen molar-refractivity contribution in [3.8, 4) is 0 Å². The van der Waals surface area contributed by atoms with E-state index in [9.17, 15) is 18.0 Å². The van der Waals surface area contributed by atoms with Gasteiger partial charge in [0.1, 0.15) is 18.5 Å². The molecule has 0 N–H and O–H groups in total. The maximum atomic E-state index is 12.7. The molecule has 0 amide bonds. The van der Waals surface area contributed by atoms with Crippen LogP contribution in [0.25, 0.3) is 0 Å². The van der Waals surface area contributed by atoms with E-state index in [0.717, 1.165) is 6.07 Å². The molecule has 0 aliphatic carbocycles. The van der Waals surface area contributed by atoms with Crippen LogP contribution in [0.15, 0.2) is 36.4 Å². The second-order valence-corrected chi connectivity index (χ2v) is 3.63. The van der Waals surface area contributed by atoms with E-state index >= 15 is 0 Å². The maximum Gasteiger partial charge on any atom is 0.416 e. The molecule has 0 radical (unpaired) electrons. The summed E-state index contributed by atoms with van der Waals surface area (Å²) in [7, 11) is 0. The molecular weight excluding hydrogens is 233 g/mol. The maximum absolute atomic E-state index is 12.7. The fraction of sp³-hybridized carbons (Fsp3) is 0.250. The summed E-state index contributed by atoms with van der Waals surface area (Å²) in [6, 6.07) is 5.29. The number of alkyl halides is 3. The zero-order valence-corrected chi connectivity index (χ0v) is 8.65. The van der Waals surface area contributed by atoms with Crippen molar-refractivity contribution in [2.24, 2.45) is 0 Å². The lowest BCUT2D eigenvalue weighted by atomic mass is 10.0. The lowest BCUT2D eigenvalue weighted by Gasteiger charge is -2.10. The van der Waals surface area contributed by atoms with Crippen LogP contribution in [-0.2, 0) is 15.7 Å². The minimum Gasteiger partial charge on any atom is -0.360 e. The van der Waals surface area contributed by atoms with Crippen molar-refractivity contribution in [3.63, 3.8) is 0 Å². The van der Waals surface area contributed by atoms with E-state index in [4.69, 9.17) is 4.74 Å². The Labute approximate surface area is 95.7 Å². The Bertz CT molecular complexity index is 451. The summed E-state index contributed by atoms with van der Waals surface area (Å²) < 4.78 is 43.2. The molecule has 1 fully saturated rings. The zero-order valence-electron chi connectivity index (χ0n) is 8.65. The van der Waals surface area contributed by atoms with Gasteiger partial charge in [-0.2, -0.15) is 13.2 Å². The van der Waals surface area contributed by atoms with E-state index in [1.54, 1.807) is 0 Å². The first kappa shape index (κ1) is 11.9. The van der Waals surface area contributed by atoms with Crippen molar-refractivity contribution in [2.75, 3.05) is 0 Å². The van der Waals surface area contributed by atoms with Crippen LogP contribution in [0.1, 0.15) is 17.2 Å². The monoisotopic (exact) mass is 242 g/mol. The highest BCUT2D eigenvalue weighted by atomic mass is 19.4. The average molecular weight is 242 g/mol. The van der Waals surface area contributed by atoms with Crippen LogP contribution >= 0.6 is 0 Å². The van der Waals surface area contributed by atoms with E-state index in [0.29, 0.717) is 6.29 Å². The van der Waals surface area contributed by atoms with Gasteiger partial charge in [-0.25, -0.2) is 0 Å². The fourth-order valence-corrected chi connectivity index (χ4v) is 1.68. The number of carbonyl (C=O) groups is 1. The summed E-state index contributed by atoms with van der Waals surface area (Å²) in [6.45, 7) is 0. The Morgan fingerprint density at radius 1 is 1.24 bits per heavy atom. The molecule has 90 valence electrons. The number of ether oxygens (including phenoxy) is 1. The molecule has 2 rings (SSSR count). The molecule has 0 aromatic heterocycles. The Morgan fingerprint density at radius 2 is 1.94 bits per heavy atom. The summed E-state index contributed by atoms with van der Waals surface area (Å²) >= 11 is 0. The Hall–Kier alpha value is -1.62. The van der Waals surface area contributed by atoms with Gasteiger partial charge in [-0.3, -0.25) is 4.79 Å². The topological polar surface area (TPSA) is 29.6 Å². The van der Waals surface area contributed by atoms with Gasteiger partial charge in [0.25, 0.3) is 0 Å². The fourth-order valence-electron chi connectivity index (χ4n) is 1.68. The third kappa shape index (κ3) is 2.55. The van der Waals surface area contributed by atoms with Crippen molar-refractivity contribution in [1.29, 1.82) is 0 Å². The number of epoxide rings is 1. The summed E-state index contributed by atoms with van der Waals surface area (Å²) in [5, 5.41) is 0. The highest BCUT2D eigenvalue weighted by molar-refractivity contribution is 5.65. The number of allylic oxidation sites excluding steroid dienone is 1. The molecule has 17 heavy (non-hydrogen) atoms. The summed E-state index contributed by atoms with van der Waals surface area (Å²) in [5.74, 6) is 0. The first-order valence-electron chi connectivity index (χ1n) is 4.97. The first-order valence-corrected chi connectivity index (χ1v) is 4.97. The van der Waals surface area contributed by atoms with Gasteiger partial charge in [-0.05, 0) is 23.8 Å². The van der Waals surface area contributed by atoms with Crippen LogP contribution in [0, 0.1) is 0 Å². The van der Waals surface area contributed by atoms with Gasteiger partial charge in [-0.1, -0.05) is 18.2 Å². The third-order valence-corrected chi connectivity index (χ3v) is 2.48. The lowest BCUT2D eigenvalue weighted by molar-refractivity contribution is -0.138. The van der Waals surface area contributed by atoms with E-state index < -0.39 is 23.9 Å². The summed E-state index contributed by atoms with van der Waals surface area (Å²) in [6.07, 6.45) is -2.20. The number of halogens is 3. The second-order valence-electron chi connectivity index (χ2n) is 3.63. The molecule has 1 aliphatic rings. The predicted octanol–water partition coefficient (Wildman–Crippen LogP) is 2.90. The van der Waals surface area contributed by atoms with Crippen LogP contribution in [0.2, 0.25) is 0 Å². The summed E-state index contributed by atoms with van der Waals surface area (Å²) in [4.78, 5) is 10.1. The molecule has 1 saturated heterocycles. The van der Waals surface area contributed by atoms with E-state index in [1.807, 2.05) is 0 Å². The van der Waals surface area contributed by atoms with Crippen molar-refractivity contribution in [1.82, 2.24) is 0 Å². The molecule has 2 atom stereocenters. The Kier molecular flexibility index (Phi) is 3.02. The summed E-state index contributed by atoms with van der Waals surface area (Å²) in [5.41, 5.74) is -0.576. The van der Waals surface area contributed by atoms with Gasteiger partial charge in [0.2, 0.25) is 0 Å². The van der Waals surface area contributed by atoms with Crippen LogP contribution in [0.3, 0.4) is 0 Å². The van der Waals surface area contributed by atoms with Crippen LogP contribution in [-0.4, -0.2) is 12.4 Å². The van der Waals surface area contributed by atoms with Gasteiger partial charge in [0.05, 0.1) is 5.56 Å². The Balaban J connectivity index is 2.23. The number of rotatable bonds is 3. The minimum atomic E-state index is -4.39. The smallest absolute Gasteiger partial charge is 0.360 e. The lowest BCUT2D eigenvalue weighted by Crippen LogP contribution is -2.08. The highest BCUT2D eigenvalue weighted by Gasteiger charge is 2.44. The molecule has 1 aliphatic heterocycles. The van der Waals surface area contributed by atoms with Crippen molar-refractivity contribution in [3.05, 3.63) is 47.5 Å². The third-order valence-electron chi connectivity index (χ3n) is 2.48. The van der Waals surface area contributed by atoms with Gasteiger partial charge in [0.15, 0.2) is 0 Å². The Morgan fingerprint density at radius 3 is 2.59 bits per heavy atom. The number of hydrogen-bond acceptors (Lipinski definition) is 2. The van der Waals surface area contributed by atoms with Crippen LogP contribution < -0.4 is 0 Å². The second kappa shape index (κ2) is 4.33. The van der Waals surface area contributed by atoms with Gasteiger partial charge < -0.3 is 4.74 Å². The normalized spacial score (nSPS) is 23.9. The number of aldehydes is 1. The van der Waals surface area contributed by atoms with Crippen LogP contribution in [0.5, 0.6) is 0 Å². The molecule has 0 saturated carbocycles. The van der Waals surface area contributed by atoms with Gasteiger partial charge in [-0.15, -0.1) is 0 Å². The zero-order chi connectivity index (χ0) is 12.5. The number of benzene rings is 1. The predicted molar refractivity (Wildman–Crippen MR) is 54.3 cm³/mol. The van der Waals surface area contributed by atoms with Crippen LogP contribution in [0.4, 0.5) is 13.2 Å². The van der Waals surface area contributed by atoms with Crippen molar-refractivity contribution in [2.45, 2.75) is 18.4 Å². The SMILES string of the molecule is O=CC=C[C@@H]1O[C@H]1c1ccccc1C(F)(F)F. The average Bonchev–Trinajstić information content (AvgIpc) is 3.04. The molecule has 0 unspecified atom stereocenters. The molecule has 2 nitrogen and oxygen atoms in total. The molecule has 1 aromatic carbocycles. The molecule has 5 heteroatoms. The van der Waals surface area contributed by atoms with E-state index in [2.05, 4.69) is 0 Å². The number of hydrogen-bond donors (Lipinski definition) is 0. The van der Waals surface area contributed by atoms with Crippen molar-refractivity contribution < 1.29 is 22.7 Å². The van der Waals surface area contributed by atoms with E-state index in [-0.39, 0.29) is 5.56 Å². The first-order chi connectivity index (χ1) is 8.04. The van der Waals surface area contributed by atoms with Gasteiger partial charge in [0, 0.05) is 0 Å². The largest absolute Gasteiger partial charge is 0.416 e. The quantitative estimate of drug-likeness (QED) is 0.463. The molecule has 1 heterocycles. The molecule has 0 bridgehead atoms. The standard InChI is InChI=1S/C12H9F3O2/c13-12(14,15)9-5-2-1-4-8(9)11-10(17-11)6-3-7-16/h1-7,10-11H/t10-,11-/m0/s1. The van der Waals surface area contributed by atoms with Crippen molar-refractivity contribution >= 4 is 6.29 Å². The molecule has 0 spiro atoms. The molecule has 1 aromatic rings. The number of carbonyl (C=O) groups excluding carboxylic acids is 1.